The van der Waals surface area contributed by atoms with Gasteiger partial charge >= 0.3 is 5.97 Å². The third kappa shape index (κ3) is 1.72. The Balaban J connectivity index is 2.51. The van der Waals surface area contributed by atoms with Crippen molar-refractivity contribution in [3.8, 4) is 0 Å². The maximum Gasteiger partial charge on any atom is 0.335 e. The van der Waals surface area contributed by atoms with Crippen LogP contribution in [-0.2, 0) is 4.79 Å². The molecule has 0 aliphatic carbocycles. The van der Waals surface area contributed by atoms with E-state index < -0.39 is 11.9 Å². The topological polar surface area (TPSA) is 95.5 Å². The van der Waals surface area contributed by atoms with Gasteiger partial charge in [0.2, 0.25) is 5.91 Å². The molecule has 0 fully saturated rings. The third-order valence-corrected chi connectivity index (χ3v) is 2.19. The lowest BCUT2D eigenvalue weighted by atomic mass is 10.1. The minimum atomic E-state index is -1.11. The van der Waals surface area contributed by atoms with Crippen LogP contribution in [0.2, 0.25) is 0 Å². The van der Waals surface area contributed by atoms with Crippen LogP contribution in [0.5, 0.6) is 0 Å². The van der Waals surface area contributed by atoms with Crippen molar-refractivity contribution in [1.82, 2.24) is 5.32 Å². The number of rotatable bonds is 1. The normalized spacial score (nSPS) is 14.5. The van der Waals surface area contributed by atoms with Gasteiger partial charge in [-0.3, -0.25) is 9.59 Å². The largest absolute Gasteiger partial charge is 0.478 e. The Kier molecular flexibility index (Phi) is 2.32. The van der Waals surface area contributed by atoms with Gasteiger partial charge in [0.15, 0.2) is 0 Å². The van der Waals surface area contributed by atoms with Crippen LogP contribution >= 0.6 is 0 Å². The van der Waals surface area contributed by atoms with E-state index in [4.69, 9.17) is 5.11 Å². The number of anilines is 1. The molecule has 82 valence electrons. The third-order valence-electron chi connectivity index (χ3n) is 2.19. The lowest BCUT2D eigenvalue weighted by Gasteiger charge is -2.05. The van der Waals surface area contributed by atoms with Crippen LogP contribution < -0.4 is 10.6 Å². The quantitative estimate of drug-likeness (QED) is 0.623. The molecule has 1 aromatic carbocycles. The number of amides is 2. The second-order valence-electron chi connectivity index (χ2n) is 3.30. The summed E-state index contributed by atoms with van der Waals surface area (Å²) in [5.41, 5.74) is 0.504. The highest BCUT2D eigenvalue weighted by Gasteiger charge is 2.19. The van der Waals surface area contributed by atoms with Crippen LogP contribution in [0.15, 0.2) is 18.2 Å². The fourth-order valence-electron chi connectivity index (χ4n) is 1.43. The van der Waals surface area contributed by atoms with Gasteiger partial charge in [0.05, 0.1) is 23.4 Å². The van der Waals surface area contributed by atoms with Crippen molar-refractivity contribution in [2.45, 2.75) is 0 Å². The van der Waals surface area contributed by atoms with Crippen LogP contribution in [0.3, 0.4) is 0 Å². The average molecular weight is 220 g/mol. The number of carbonyl (C=O) groups is 3. The van der Waals surface area contributed by atoms with Crippen molar-refractivity contribution in [2.24, 2.45) is 0 Å². The van der Waals surface area contributed by atoms with Gasteiger partial charge in [0.25, 0.3) is 5.91 Å². The van der Waals surface area contributed by atoms with Crippen molar-refractivity contribution in [2.75, 3.05) is 11.9 Å². The van der Waals surface area contributed by atoms with Gasteiger partial charge in [0.1, 0.15) is 0 Å². The van der Waals surface area contributed by atoms with E-state index in [0.717, 1.165) is 0 Å². The van der Waals surface area contributed by atoms with Crippen molar-refractivity contribution in [1.29, 1.82) is 0 Å². The summed E-state index contributed by atoms with van der Waals surface area (Å²) in [7, 11) is 0. The van der Waals surface area contributed by atoms with E-state index in [0.29, 0.717) is 0 Å². The van der Waals surface area contributed by atoms with E-state index >= 15 is 0 Å². The van der Waals surface area contributed by atoms with Crippen LogP contribution in [-0.4, -0.2) is 29.4 Å². The molecule has 0 radical (unpaired) electrons. The number of hydrogen-bond donors (Lipinski definition) is 3. The van der Waals surface area contributed by atoms with Crippen molar-refractivity contribution >= 4 is 23.5 Å². The lowest BCUT2D eigenvalue weighted by molar-refractivity contribution is -0.115. The van der Waals surface area contributed by atoms with Gasteiger partial charge in [-0.1, -0.05) is 0 Å². The maximum absolute atomic E-state index is 11.5. The number of hydrogen-bond acceptors (Lipinski definition) is 3. The summed E-state index contributed by atoms with van der Waals surface area (Å²) < 4.78 is 0. The van der Waals surface area contributed by atoms with Gasteiger partial charge in [-0.05, 0) is 18.2 Å². The summed E-state index contributed by atoms with van der Waals surface area (Å²) in [6.07, 6.45) is 0. The van der Waals surface area contributed by atoms with Gasteiger partial charge < -0.3 is 15.7 Å². The number of carboxylic acid groups (broad SMARTS) is 1. The van der Waals surface area contributed by atoms with Crippen LogP contribution in [0.25, 0.3) is 0 Å². The SMILES string of the molecule is O=C1CNC(=O)c2ccc(C(=O)O)cc2N1. The summed E-state index contributed by atoms with van der Waals surface area (Å²) in [6.45, 7) is -0.115. The molecule has 1 heterocycles. The minimum Gasteiger partial charge on any atom is -0.478 e. The Morgan fingerprint density at radius 3 is 2.75 bits per heavy atom. The molecule has 16 heavy (non-hydrogen) atoms. The van der Waals surface area contributed by atoms with Crippen molar-refractivity contribution < 1.29 is 19.5 Å². The molecule has 2 amide bonds. The highest BCUT2D eigenvalue weighted by Crippen LogP contribution is 2.19. The Hall–Kier alpha value is -2.37. The molecule has 0 aromatic heterocycles. The van der Waals surface area contributed by atoms with E-state index in [2.05, 4.69) is 10.6 Å². The van der Waals surface area contributed by atoms with Crippen molar-refractivity contribution in [3.05, 3.63) is 29.3 Å². The molecular weight excluding hydrogens is 212 g/mol. The molecule has 0 spiro atoms. The molecule has 0 saturated heterocycles. The minimum absolute atomic E-state index is 0.0220. The van der Waals surface area contributed by atoms with E-state index in [1.165, 1.54) is 18.2 Å². The van der Waals surface area contributed by atoms with E-state index in [9.17, 15) is 14.4 Å². The van der Waals surface area contributed by atoms with Gasteiger partial charge in [-0.2, -0.15) is 0 Å². The number of benzene rings is 1. The summed E-state index contributed by atoms with van der Waals surface area (Å²) in [6, 6.07) is 3.96. The summed E-state index contributed by atoms with van der Waals surface area (Å²) in [5.74, 6) is -1.89. The molecule has 0 atom stereocenters. The van der Waals surface area contributed by atoms with Gasteiger partial charge in [-0.25, -0.2) is 4.79 Å². The zero-order valence-corrected chi connectivity index (χ0v) is 8.11. The Labute approximate surface area is 90.3 Å². The predicted octanol–water partition coefficient (Wildman–Crippen LogP) is 0.0667. The standard InChI is InChI=1S/C10H8N2O4/c13-8-4-11-9(14)6-2-1-5(10(15)16)3-7(6)12-8/h1-3H,4H2,(H,11,14)(H,12,13)(H,15,16). The zero-order chi connectivity index (χ0) is 11.7. The Morgan fingerprint density at radius 2 is 2.06 bits per heavy atom. The first-order chi connectivity index (χ1) is 7.58. The van der Waals surface area contributed by atoms with Crippen LogP contribution in [0, 0.1) is 0 Å². The number of carbonyl (C=O) groups excluding carboxylic acids is 2. The first-order valence-corrected chi connectivity index (χ1v) is 4.53. The molecule has 1 aliphatic rings. The van der Waals surface area contributed by atoms with Crippen LogP contribution in [0.1, 0.15) is 20.7 Å². The summed E-state index contributed by atoms with van der Waals surface area (Å²) in [4.78, 5) is 33.4. The Bertz CT molecular complexity index is 496. The molecule has 1 aliphatic heterocycles. The second-order valence-corrected chi connectivity index (χ2v) is 3.30. The summed E-state index contributed by atoms with van der Waals surface area (Å²) in [5, 5.41) is 13.6. The molecular formula is C10H8N2O4. The monoisotopic (exact) mass is 220 g/mol. The first-order valence-electron chi connectivity index (χ1n) is 4.53. The highest BCUT2D eigenvalue weighted by atomic mass is 16.4. The highest BCUT2D eigenvalue weighted by molar-refractivity contribution is 6.09. The molecule has 2 rings (SSSR count). The first kappa shape index (κ1) is 10.2. The molecule has 6 nitrogen and oxygen atoms in total. The molecule has 3 N–H and O–H groups in total. The summed E-state index contributed by atoms with van der Waals surface area (Å²) >= 11 is 0. The number of aromatic carboxylic acids is 1. The van der Waals surface area contributed by atoms with E-state index in [1.54, 1.807) is 0 Å². The van der Waals surface area contributed by atoms with Gasteiger partial charge in [-0.15, -0.1) is 0 Å². The molecule has 0 unspecified atom stereocenters. The average Bonchev–Trinajstić information content (AvgIpc) is 2.38. The predicted molar refractivity (Wildman–Crippen MR) is 54.4 cm³/mol. The van der Waals surface area contributed by atoms with E-state index in [1.807, 2.05) is 0 Å². The molecule has 6 heteroatoms. The Morgan fingerprint density at radius 1 is 1.31 bits per heavy atom. The zero-order valence-electron chi connectivity index (χ0n) is 8.11. The lowest BCUT2D eigenvalue weighted by Crippen LogP contribution is -2.28. The molecule has 1 aromatic rings. The van der Waals surface area contributed by atoms with E-state index in [-0.39, 0.29) is 29.3 Å². The van der Waals surface area contributed by atoms with Crippen molar-refractivity contribution in [3.63, 3.8) is 0 Å². The number of fused-ring (bicyclic) bond motifs is 1. The van der Waals surface area contributed by atoms with Gasteiger partial charge in [0, 0.05) is 0 Å². The number of nitrogens with one attached hydrogen (secondary N) is 2. The fraction of sp³-hybridized carbons (Fsp3) is 0.100. The molecule has 0 saturated carbocycles. The maximum atomic E-state index is 11.5. The smallest absolute Gasteiger partial charge is 0.335 e. The second kappa shape index (κ2) is 3.65. The van der Waals surface area contributed by atoms with Crippen LogP contribution in [0.4, 0.5) is 5.69 Å². The molecule has 0 bridgehead atoms. The fourth-order valence-corrected chi connectivity index (χ4v) is 1.43. The number of carboxylic acids is 1.